The number of nitrogens with zero attached hydrogens (tertiary/aromatic N) is 2. The van der Waals surface area contributed by atoms with Gasteiger partial charge < -0.3 is 19.5 Å². The van der Waals surface area contributed by atoms with Crippen molar-refractivity contribution in [3.63, 3.8) is 0 Å². The van der Waals surface area contributed by atoms with Gasteiger partial charge in [-0.2, -0.15) is 0 Å². The van der Waals surface area contributed by atoms with E-state index >= 15 is 0 Å². The van der Waals surface area contributed by atoms with E-state index in [1.54, 1.807) is 32.3 Å². The third-order valence-electron chi connectivity index (χ3n) is 5.46. The van der Waals surface area contributed by atoms with Crippen LogP contribution in [0.1, 0.15) is 30.9 Å². The Hall–Kier alpha value is -4.05. The molecule has 0 amide bonds. The average Bonchev–Trinajstić information content (AvgIpc) is 2.86. The van der Waals surface area contributed by atoms with E-state index in [-0.39, 0.29) is 30.0 Å². The molecule has 0 saturated carbocycles. The van der Waals surface area contributed by atoms with Crippen LogP contribution in [0.3, 0.4) is 0 Å². The molecule has 184 valence electrons. The third kappa shape index (κ3) is 6.10. The number of methoxy groups -OCH3 is 1. The van der Waals surface area contributed by atoms with Crippen molar-refractivity contribution in [3.8, 4) is 0 Å². The van der Waals surface area contributed by atoms with E-state index in [1.807, 2.05) is 12.1 Å². The van der Waals surface area contributed by atoms with Gasteiger partial charge in [0.15, 0.2) is 0 Å². The molecule has 2 heterocycles. The Morgan fingerprint density at radius 3 is 2.63 bits per heavy atom. The number of carbonyl (C=O) groups is 2. The maximum Gasteiger partial charge on any atom is 0.336 e. The van der Waals surface area contributed by atoms with Gasteiger partial charge in [-0.3, -0.25) is 15.1 Å². The minimum Gasteiger partial charge on any atom is -0.466 e. The molecule has 10 nitrogen and oxygen atoms in total. The van der Waals surface area contributed by atoms with Crippen LogP contribution >= 0.6 is 0 Å². The molecule has 0 fully saturated rings. The number of allylic oxidation sites excluding steroid dienone is 1. The van der Waals surface area contributed by atoms with E-state index in [0.29, 0.717) is 30.0 Å². The molecular formula is C25H27N3O7. The standard InChI is InChI=1S/C25H27N3O7/c1-4-35-25(30)23-20(15-34-12-10-17-7-6-11-26-14-17)27-16(2)21(24(29)33-3)22(23)18-8-5-9-19(13-18)28(31)32/h5-9,11,13-14,22,27H,4,10,12,15H2,1-3H3. The van der Waals surface area contributed by atoms with Crippen LogP contribution in [0, 0.1) is 10.1 Å². The van der Waals surface area contributed by atoms with Gasteiger partial charge in [-0.05, 0) is 37.5 Å². The van der Waals surface area contributed by atoms with Crippen molar-refractivity contribution in [3.05, 3.63) is 92.6 Å². The predicted octanol–water partition coefficient (Wildman–Crippen LogP) is 3.20. The first-order chi connectivity index (χ1) is 16.9. The Kier molecular flexibility index (Phi) is 8.69. The molecule has 0 saturated heterocycles. The smallest absolute Gasteiger partial charge is 0.336 e. The van der Waals surface area contributed by atoms with Crippen molar-refractivity contribution in [1.82, 2.24) is 10.3 Å². The third-order valence-corrected chi connectivity index (χ3v) is 5.46. The number of hydrogen-bond acceptors (Lipinski definition) is 9. The van der Waals surface area contributed by atoms with Gasteiger partial charge in [-0.1, -0.05) is 18.2 Å². The van der Waals surface area contributed by atoms with Gasteiger partial charge in [-0.25, -0.2) is 9.59 Å². The van der Waals surface area contributed by atoms with E-state index in [2.05, 4.69) is 10.3 Å². The summed E-state index contributed by atoms with van der Waals surface area (Å²) in [6.45, 7) is 3.85. The van der Waals surface area contributed by atoms with Crippen LogP contribution in [0.5, 0.6) is 0 Å². The van der Waals surface area contributed by atoms with Crippen LogP contribution in [0.15, 0.2) is 71.3 Å². The van der Waals surface area contributed by atoms with Crippen LogP contribution in [-0.4, -0.2) is 48.8 Å². The summed E-state index contributed by atoms with van der Waals surface area (Å²) in [6, 6.07) is 9.59. The number of rotatable bonds is 10. The lowest BCUT2D eigenvalue weighted by Gasteiger charge is -2.31. The van der Waals surface area contributed by atoms with Gasteiger partial charge >= 0.3 is 11.9 Å². The predicted molar refractivity (Wildman–Crippen MR) is 126 cm³/mol. The highest BCUT2D eigenvalue weighted by atomic mass is 16.6. The largest absolute Gasteiger partial charge is 0.466 e. The summed E-state index contributed by atoms with van der Waals surface area (Å²) in [5, 5.41) is 14.5. The second-order valence-corrected chi connectivity index (χ2v) is 7.72. The first-order valence-corrected chi connectivity index (χ1v) is 11.0. The van der Waals surface area contributed by atoms with E-state index in [0.717, 1.165) is 5.56 Å². The summed E-state index contributed by atoms with van der Waals surface area (Å²) in [4.78, 5) is 40.9. The van der Waals surface area contributed by atoms with Crippen molar-refractivity contribution in [2.45, 2.75) is 26.2 Å². The van der Waals surface area contributed by atoms with Gasteiger partial charge in [0, 0.05) is 30.2 Å². The number of nitro groups is 1. The number of esters is 2. The Labute approximate surface area is 202 Å². The van der Waals surface area contributed by atoms with E-state index in [4.69, 9.17) is 14.2 Å². The van der Waals surface area contributed by atoms with Crippen molar-refractivity contribution in [1.29, 1.82) is 0 Å². The highest BCUT2D eigenvalue weighted by molar-refractivity contribution is 6.00. The summed E-state index contributed by atoms with van der Waals surface area (Å²) in [6.07, 6.45) is 4.06. The zero-order valence-corrected chi connectivity index (χ0v) is 19.8. The van der Waals surface area contributed by atoms with E-state index in [1.165, 1.54) is 25.3 Å². The number of ether oxygens (including phenoxy) is 3. The normalized spacial score (nSPS) is 15.5. The molecule has 1 N–H and O–H groups in total. The van der Waals surface area contributed by atoms with Gasteiger partial charge in [0.25, 0.3) is 5.69 Å². The number of hydrogen-bond donors (Lipinski definition) is 1. The summed E-state index contributed by atoms with van der Waals surface area (Å²) in [7, 11) is 1.23. The topological polar surface area (TPSA) is 130 Å². The zero-order chi connectivity index (χ0) is 25.4. The van der Waals surface area contributed by atoms with Gasteiger partial charge in [0.1, 0.15) is 0 Å². The Morgan fingerprint density at radius 2 is 1.97 bits per heavy atom. The van der Waals surface area contributed by atoms with Crippen LogP contribution in [0.4, 0.5) is 5.69 Å². The SMILES string of the molecule is CCOC(=O)C1=C(COCCc2cccnc2)NC(C)=C(C(=O)OC)C1c1cccc([N+](=O)[O-])c1. The van der Waals surface area contributed by atoms with Crippen molar-refractivity contribution in [2.75, 3.05) is 26.9 Å². The lowest BCUT2D eigenvalue weighted by atomic mass is 9.80. The molecule has 2 aromatic rings. The van der Waals surface area contributed by atoms with Crippen molar-refractivity contribution < 1.29 is 28.7 Å². The first-order valence-electron chi connectivity index (χ1n) is 11.0. The van der Waals surface area contributed by atoms with Crippen LogP contribution in [-0.2, 0) is 30.2 Å². The molecule has 1 aromatic heterocycles. The van der Waals surface area contributed by atoms with Crippen LogP contribution < -0.4 is 5.32 Å². The van der Waals surface area contributed by atoms with Crippen LogP contribution in [0.2, 0.25) is 0 Å². The van der Waals surface area contributed by atoms with Gasteiger partial charge in [-0.15, -0.1) is 0 Å². The molecule has 3 rings (SSSR count). The molecule has 1 unspecified atom stereocenters. The van der Waals surface area contributed by atoms with Gasteiger partial charge in [0.2, 0.25) is 0 Å². The Bertz CT molecular complexity index is 1160. The quantitative estimate of drug-likeness (QED) is 0.235. The number of nitro benzene ring substituents is 1. The molecule has 1 aromatic carbocycles. The minimum absolute atomic E-state index is 0.0334. The highest BCUT2D eigenvalue weighted by Gasteiger charge is 2.39. The monoisotopic (exact) mass is 481 g/mol. The molecule has 1 aliphatic heterocycles. The number of pyridine rings is 1. The zero-order valence-electron chi connectivity index (χ0n) is 19.8. The summed E-state index contributed by atoms with van der Waals surface area (Å²) in [5.41, 5.74) is 2.39. The number of non-ortho nitro benzene ring substituents is 1. The molecule has 0 radical (unpaired) electrons. The first kappa shape index (κ1) is 25.6. The molecule has 0 spiro atoms. The van der Waals surface area contributed by atoms with E-state index < -0.39 is 22.8 Å². The van der Waals surface area contributed by atoms with Crippen molar-refractivity contribution in [2.24, 2.45) is 0 Å². The highest BCUT2D eigenvalue weighted by Crippen LogP contribution is 2.40. The molecule has 35 heavy (non-hydrogen) atoms. The number of benzene rings is 1. The molecule has 10 heteroatoms. The van der Waals surface area contributed by atoms with E-state index in [9.17, 15) is 19.7 Å². The minimum atomic E-state index is -0.945. The fourth-order valence-corrected chi connectivity index (χ4v) is 3.90. The maximum absolute atomic E-state index is 13.1. The molecule has 1 aliphatic rings. The van der Waals surface area contributed by atoms with Gasteiger partial charge in [0.05, 0.1) is 54.6 Å². The average molecular weight is 482 g/mol. The lowest BCUT2D eigenvalue weighted by Crippen LogP contribution is -2.34. The molecule has 0 aliphatic carbocycles. The fraction of sp³-hybridized carbons (Fsp3) is 0.320. The molecular weight excluding hydrogens is 454 g/mol. The summed E-state index contributed by atoms with van der Waals surface area (Å²) < 4.78 is 16.1. The second kappa shape index (κ2) is 11.9. The number of nitrogens with one attached hydrogen (secondary N) is 1. The second-order valence-electron chi connectivity index (χ2n) is 7.72. The maximum atomic E-state index is 13.1. The summed E-state index contributed by atoms with van der Waals surface area (Å²) in [5.74, 6) is -2.26. The lowest BCUT2D eigenvalue weighted by molar-refractivity contribution is -0.384. The van der Waals surface area contributed by atoms with Crippen molar-refractivity contribution >= 4 is 17.6 Å². The number of carbonyl (C=O) groups excluding carboxylic acids is 2. The number of dihydropyridines is 1. The molecule has 0 bridgehead atoms. The summed E-state index contributed by atoms with van der Waals surface area (Å²) >= 11 is 0. The fourth-order valence-electron chi connectivity index (χ4n) is 3.90. The Balaban J connectivity index is 2.01. The molecule has 1 atom stereocenters. The number of aromatic nitrogens is 1. The Morgan fingerprint density at radius 1 is 1.17 bits per heavy atom. The van der Waals surface area contributed by atoms with Crippen LogP contribution in [0.25, 0.3) is 0 Å².